The number of pyridine rings is 2. The normalized spacial score (nSPS) is 10.1. The van der Waals surface area contributed by atoms with Crippen molar-refractivity contribution in [1.82, 2.24) is 9.97 Å². The summed E-state index contributed by atoms with van der Waals surface area (Å²) in [4.78, 5) is 32.7. The van der Waals surface area contributed by atoms with Gasteiger partial charge in [0.15, 0.2) is 0 Å². The van der Waals surface area contributed by atoms with Crippen molar-refractivity contribution in [2.45, 2.75) is 12.8 Å². The molecule has 2 aromatic rings. The molecule has 0 aliphatic carbocycles. The predicted octanol–water partition coefficient (Wildman–Crippen LogP) is 2.53. The fourth-order valence-corrected chi connectivity index (χ4v) is 2.30. The molecule has 0 aliphatic heterocycles. The fourth-order valence-electron chi connectivity index (χ4n) is 2.30. The second-order valence-electron chi connectivity index (χ2n) is 5.82. The molecule has 0 radical (unpaired) electrons. The summed E-state index contributed by atoms with van der Waals surface area (Å²) in [6, 6.07) is 6.29. The molecule has 29 heavy (non-hydrogen) atoms. The van der Waals surface area contributed by atoms with Gasteiger partial charge in [-0.2, -0.15) is 0 Å². The number of carbonyl (C=O) groups is 2. The van der Waals surface area contributed by atoms with E-state index in [1.54, 1.807) is 38.5 Å². The van der Waals surface area contributed by atoms with Gasteiger partial charge in [0.2, 0.25) is 0 Å². The van der Waals surface area contributed by atoms with Crippen molar-refractivity contribution in [2.24, 2.45) is 0 Å². The molecule has 0 saturated carbocycles. The summed E-state index contributed by atoms with van der Waals surface area (Å²) in [7, 11) is 3.18. The molecule has 0 saturated heterocycles. The molecule has 0 aliphatic rings. The number of ether oxygens (including phenoxy) is 4. The molecule has 0 fully saturated rings. The van der Waals surface area contributed by atoms with Crippen LogP contribution in [0.1, 0.15) is 33.6 Å². The molecule has 0 atom stereocenters. The molecule has 0 spiro atoms. The van der Waals surface area contributed by atoms with Crippen LogP contribution in [-0.4, -0.2) is 62.6 Å². The maximum absolute atomic E-state index is 12.1. The van der Waals surface area contributed by atoms with Gasteiger partial charge in [-0.3, -0.25) is 9.97 Å². The van der Waals surface area contributed by atoms with Crippen LogP contribution in [0.4, 0.5) is 0 Å². The van der Waals surface area contributed by atoms with Crippen molar-refractivity contribution in [2.75, 3.05) is 40.6 Å². The molecule has 158 valence electrons. The van der Waals surface area contributed by atoms with E-state index in [9.17, 15) is 9.59 Å². The van der Waals surface area contributed by atoms with E-state index in [-0.39, 0.29) is 32.7 Å². The predicted molar refractivity (Wildman–Crippen MR) is 101 cm³/mol. The number of aromatic nitrogens is 2. The molecule has 0 aromatic carbocycles. The minimum atomic E-state index is -0.450. The van der Waals surface area contributed by atoms with Crippen molar-refractivity contribution in [3.63, 3.8) is 0 Å². The van der Waals surface area contributed by atoms with Gasteiger partial charge >= 0.3 is 11.9 Å². The molecule has 0 bridgehead atoms. The molecule has 2 aromatic heterocycles. The van der Waals surface area contributed by atoms with Crippen LogP contribution in [0.5, 0.6) is 0 Å². The molecule has 9 heteroatoms. The summed E-state index contributed by atoms with van der Waals surface area (Å²) in [5, 5.41) is 0. The average Bonchev–Trinajstić information content (AvgIpc) is 2.74. The average molecular weight is 489 g/mol. The van der Waals surface area contributed by atoms with Crippen LogP contribution in [-0.2, 0) is 38.4 Å². The number of methoxy groups -OCH3 is 2. The Morgan fingerprint density at radius 3 is 1.55 bits per heavy atom. The van der Waals surface area contributed by atoms with E-state index in [2.05, 4.69) is 9.97 Å². The Kier molecular flexibility index (Phi) is 11.9. The summed E-state index contributed by atoms with van der Waals surface area (Å²) >= 11 is 0. The van der Waals surface area contributed by atoms with E-state index >= 15 is 0 Å². The Labute approximate surface area is 182 Å². The second kappa shape index (κ2) is 13.9. The quantitative estimate of drug-likeness (QED) is 0.270. The largest absolute Gasteiger partial charge is 0.462 e. The second-order valence-corrected chi connectivity index (χ2v) is 5.82. The smallest absolute Gasteiger partial charge is 0.338 e. The summed E-state index contributed by atoms with van der Waals surface area (Å²) < 4.78 is 20.2. The topological polar surface area (TPSA) is 96.8 Å². The number of carbonyl (C=O) groups excluding carboxylic acids is 2. The number of esters is 2. The Bertz CT molecular complexity index is 722. The first-order valence-electron chi connectivity index (χ1n) is 8.90. The molecule has 0 unspecified atom stereocenters. The Morgan fingerprint density at radius 1 is 0.759 bits per heavy atom. The van der Waals surface area contributed by atoms with E-state index < -0.39 is 11.9 Å². The third-order valence-corrected chi connectivity index (χ3v) is 3.71. The van der Waals surface area contributed by atoms with Gasteiger partial charge in [0.25, 0.3) is 0 Å². The summed E-state index contributed by atoms with van der Waals surface area (Å²) in [5.41, 5.74) is 1.63. The summed E-state index contributed by atoms with van der Waals surface area (Å²) in [5.74, 6) is -0.901. The van der Waals surface area contributed by atoms with Crippen molar-refractivity contribution in [3.05, 3.63) is 47.8 Å². The van der Waals surface area contributed by atoms with Gasteiger partial charge in [-0.05, 0) is 24.3 Å². The van der Waals surface area contributed by atoms with Gasteiger partial charge in [-0.1, -0.05) is 0 Å². The van der Waals surface area contributed by atoms with Crippen molar-refractivity contribution < 1.29 is 48.0 Å². The van der Waals surface area contributed by atoms with E-state index in [0.29, 0.717) is 48.6 Å². The molecular weight excluding hydrogens is 465 g/mol. The zero-order valence-corrected chi connectivity index (χ0v) is 18.1. The van der Waals surface area contributed by atoms with Crippen LogP contribution < -0.4 is 0 Å². The standard InChI is InChI=1S/C20H24N2O6.Ru/c1-25-9-3-11-27-19(23)15-5-7-21-17(13-15)18-14-16(6-8-22-18)20(24)28-12-4-10-26-2;/h5-8,13-14H,3-4,9-12H2,1-2H3;. The minimum Gasteiger partial charge on any atom is -0.462 e. The van der Waals surface area contributed by atoms with Crippen LogP contribution in [0, 0.1) is 0 Å². The summed E-state index contributed by atoms with van der Waals surface area (Å²) in [6.07, 6.45) is 4.24. The zero-order valence-electron chi connectivity index (χ0n) is 16.4. The first kappa shape index (κ1) is 24.8. The number of rotatable bonds is 11. The molecule has 2 heterocycles. The van der Waals surface area contributed by atoms with Crippen LogP contribution >= 0.6 is 0 Å². The molecule has 8 nitrogen and oxygen atoms in total. The molecule has 0 amide bonds. The molecule has 0 N–H and O–H groups in total. The molecular formula is C20H24N2O6Ru. The third kappa shape index (κ3) is 8.35. The zero-order chi connectivity index (χ0) is 20.2. The van der Waals surface area contributed by atoms with Gasteiger partial charge in [-0.15, -0.1) is 0 Å². The van der Waals surface area contributed by atoms with Crippen LogP contribution in [0.3, 0.4) is 0 Å². The number of hydrogen-bond donors (Lipinski definition) is 0. The van der Waals surface area contributed by atoms with Crippen molar-refractivity contribution in [3.8, 4) is 11.4 Å². The Hall–Kier alpha value is -2.22. The van der Waals surface area contributed by atoms with Gasteiger partial charge in [0.1, 0.15) is 0 Å². The maximum atomic E-state index is 12.1. The van der Waals surface area contributed by atoms with E-state index in [1.165, 1.54) is 12.4 Å². The van der Waals surface area contributed by atoms with E-state index in [0.717, 1.165) is 0 Å². The SMILES string of the molecule is COCCCOC(=O)c1ccnc(-c2cc(C(=O)OCCCOC)ccn2)c1.[Ru]. The monoisotopic (exact) mass is 490 g/mol. The van der Waals surface area contributed by atoms with Crippen molar-refractivity contribution in [1.29, 1.82) is 0 Å². The van der Waals surface area contributed by atoms with Crippen molar-refractivity contribution >= 4 is 11.9 Å². The first-order valence-corrected chi connectivity index (χ1v) is 8.90. The van der Waals surface area contributed by atoms with Gasteiger partial charge in [0, 0.05) is 72.1 Å². The number of nitrogens with zero attached hydrogens (tertiary/aromatic N) is 2. The van der Waals surface area contributed by atoms with Gasteiger partial charge in [0.05, 0.1) is 35.7 Å². The van der Waals surface area contributed by atoms with Crippen LogP contribution in [0.15, 0.2) is 36.7 Å². The van der Waals surface area contributed by atoms with Crippen LogP contribution in [0.2, 0.25) is 0 Å². The Morgan fingerprint density at radius 2 is 1.17 bits per heavy atom. The van der Waals surface area contributed by atoms with E-state index in [1.807, 2.05) is 0 Å². The summed E-state index contributed by atoms with van der Waals surface area (Å²) in [6.45, 7) is 1.58. The van der Waals surface area contributed by atoms with Gasteiger partial charge < -0.3 is 18.9 Å². The first-order chi connectivity index (χ1) is 13.7. The molecule has 2 rings (SSSR count). The minimum absolute atomic E-state index is 0. The number of hydrogen-bond acceptors (Lipinski definition) is 8. The maximum Gasteiger partial charge on any atom is 0.338 e. The third-order valence-electron chi connectivity index (χ3n) is 3.71. The Balaban J connectivity index is 0.00000420. The van der Waals surface area contributed by atoms with Crippen LogP contribution in [0.25, 0.3) is 11.4 Å². The van der Waals surface area contributed by atoms with E-state index in [4.69, 9.17) is 18.9 Å². The van der Waals surface area contributed by atoms with Gasteiger partial charge in [-0.25, -0.2) is 9.59 Å². The fraction of sp³-hybridized carbons (Fsp3) is 0.400.